The zero-order chi connectivity index (χ0) is 37.9. The van der Waals surface area contributed by atoms with Crippen molar-refractivity contribution in [3.05, 3.63) is 176 Å². The molecule has 6 aromatic carbocycles. The van der Waals surface area contributed by atoms with Gasteiger partial charge in [0.15, 0.2) is 0 Å². The second-order valence-electron chi connectivity index (χ2n) is 16.3. The van der Waals surface area contributed by atoms with Gasteiger partial charge in [0.2, 0.25) is 0 Å². The van der Waals surface area contributed by atoms with Crippen LogP contribution in [0.5, 0.6) is 11.5 Å². The van der Waals surface area contributed by atoms with Crippen LogP contribution >= 0.6 is 0 Å². The molecule has 5 nitrogen and oxygen atoms in total. The second-order valence-corrected chi connectivity index (χ2v) is 16.3. The number of pyridine rings is 1. The van der Waals surface area contributed by atoms with Crippen molar-refractivity contribution in [1.29, 1.82) is 0 Å². The average Bonchev–Trinajstić information content (AvgIpc) is 3.74. The van der Waals surface area contributed by atoms with E-state index in [1.165, 1.54) is 11.1 Å². The summed E-state index contributed by atoms with van der Waals surface area (Å²) in [5.41, 5.74) is 11.0. The maximum absolute atomic E-state index is 6.60. The third-order valence-corrected chi connectivity index (χ3v) is 10.5. The van der Waals surface area contributed by atoms with Gasteiger partial charge in [0.1, 0.15) is 5.82 Å². The van der Waals surface area contributed by atoms with E-state index in [0.717, 1.165) is 61.5 Å². The van der Waals surface area contributed by atoms with E-state index in [-0.39, 0.29) is 31.9 Å². The largest absolute Gasteiger partial charge is 0.509 e. The predicted octanol–water partition coefficient (Wildman–Crippen LogP) is 13.2. The van der Waals surface area contributed by atoms with E-state index in [1.807, 2.05) is 24.4 Å². The summed E-state index contributed by atoms with van der Waals surface area (Å²) in [7, 11) is 0. The monoisotopic (exact) mass is 910 g/mol. The van der Waals surface area contributed by atoms with Crippen LogP contribution in [-0.4, -0.2) is 9.55 Å². The van der Waals surface area contributed by atoms with Crippen molar-refractivity contribution < 1.29 is 25.8 Å². The van der Waals surface area contributed by atoms with Gasteiger partial charge >= 0.3 is 0 Å². The van der Waals surface area contributed by atoms with Gasteiger partial charge < -0.3 is 19.1 Å². The summed E-state index contributed by atoms with van der Waals surface area (Å²) < 4.78 is 8.79. The minimum absolute atomic E-state index is 0. The minimum Gasteiger partial charge on any atom is -0.509 e. The first-order chi connectivity index (χ1) is 26.5. The summed E-state index contributed by atoms with van der Waals surface area (Å²) in [6.45, 7) is 15.6. The van der Waals surface area contributed by atoms with Crippen LogP contribution in [0.4, 0.5) is 22.7 Å². The standard InChI is InChI=1S/C50H43N4O.Pt/c1-49(2,3)35-17-12-18-37(29-35)53-33-52(45-24-14-22-41(48(45)53)34-15-8-7-9-16-34)38-19-13-20-39(31-38)55-40-25-26-43-42-21-10-11-23-44(42)54(46(43)32-40)47-30-36(27-28-51-47)50(4,5)6;/h7-30,33H,1-6H3;/q-3;. The van der Waals surface area contributed by atoms with Crippen LogP contribution in [0.25, 0.3) is 38.8 Å². The van der Waals surface area contributed by atoms with E-state index in [4.69, 9.17) is 9.72 Å². The number of hydrogen-bond acceptors (Lipinski definition) is 4. The number of para-hydroxylation sites is 2. The van der Waals surface area contributed by atoms with Crippen molar-refractivity contribution in [1.82, 2.24) is 9.55 Å². The summed E-state index contributed by atoms with van der Waals surface area (Å²) in [6.07, 6.45) is 1.90. The Morgan fingerprint density at radius 1 is 0.607 bits per heavy atom. The third-order valence-electron chi connectivity index (χ3n) is 10.5. The van der Waals surface area contributed by atoms with E-state index in [0.29, 0.717) is 11.5 Å². The van der Waals surface area contributed by atoms with Gasteiger partial charge in [-0.1, -0.05) is 120 Å². The molecule has 3 heterocycles. The molecule has 2 aromatic heterocycles. The number of benzene rings is 6. The van der Waals surface area contributed by atoms with E-state index in [2.05, 4.69) is 196 Å². The van der Waals surface area contributed by atoms with Crippen LogP contribution in [0.2, 0.25) is 0 Å². The van der Waals surface area contributed by atoms with E-state index in [9.17, 15) is 0 Å². The minimum atomic E-state index is -0.0147. The average molecular weight is 911 g/mol. The summed E-state index contributed by atoms with van der Waals surface area (Å²) in [4.78, 5) is 9.34. The summed E-state index contributed by atoms with van der Waals surface area (Å²) in [5.74, 6) is 2.07. The van der Waals surface area contributed by atoms with Gasteiger partial charge in [-0.25, -0.2) is 4.98 Å². The Balaban J connectivity index is 0.00000441. The maximum Gasteiger partial charge on any atom is 0.135 e. The molecule has 9 rings (SSSR count). The van der Waals surface area contributed by atoms with Crippen molar-refractivity contribution in [3.8, 4) is 28.4 Å². The van der Waals surface area contributed by atoms with Crippen molar-refractivity contribution >= 4 is 44.6 Å². The number of fused-ring (bicyclic) bond motifs is 4. The molecule has 0 saturated heterocycles. The molecule has 0 atom stereocenters. The molecule has 6 heteroatoms. The number of nitrogens with zero attached hydrogens (tertiary/aromatic N) is 4. The van der Waals surface area contributed by atoms with E-state index in [1.54, 1.807) is 0 Å². The molecule has 1 aliphatic rings. The molecule has 0 unspecified atom stereocenters. The number of ether oxygens (including phenoxy) is 1. The summed E-state index contributed by atoms with van der Waals surface area (Å²) in [6, 6.07) is 56.1. The molecule has 0 bridgehead atoms. The van der Waals surface area contributed by atoms with Crippen molar-refractivity contribution in [2.24, 2.45) is 0 Å². The molecule has 56 heavy (non-hydrogen) atoms. The first-order valence-corrected chi connectivity index (χ1v) is 18.9. The number of rotatable bonds is 6. The fourth-order valence-corrected chi connectivity index (χ4v) is 7.51. The molecule has 0 radical (unpaired) electrons. The third kappa shape index (κ3) is 6.79. The van der Waals surface area contributed by atoms with Crippen LogP contribution in [0.1, 0.15) is 52.7 Å². The SMILES string of the molecule is CC(C)(C)c1cccc(N2[CH-]N(c3[c-]c(Oc4[c-]c5c(cc4)c4ccccc4n5-c4cc(C(C)(C)C)ccn4)ccc3)c3cccc(-c4ccccc4)c32)c1.[Pt]. The Morgan fingerprint density at radius 2 is 1.32 bits per heavy atom. The van der Waals surface area contributed by atoms with E-state index >= 15 is 0 Å². The van der Waals surface area contributed by atoms with E-state index < -0.39 is 0 Å². The Kier molecular flexibility index (Phi) is 9.63. The van der Waals surface area contributed by atoms with Crippen LogP contribution < -0.4 is 14.5 Å². The summed E-state index contributed by atoms with van der Waals surface area (Å²) in [5, 5.41) is 2.24. The van der Waals surface area contributed by atoms with Crippen LogP contribution in [0, 0.1) is 18.8 Å². The number of anilines is 4. The zero-order valence-electron chi connectivity index (χ0n) is 32.4. The van der Waals surface area contributed by atoms with Gasteiger partial charge in [-0.05, 0) is 69.3 Å². The molecule has 8 aromatic rings. The molecule has 0 saturated carbocycles. The molecular formula is C50H43N4OPt-3. The zero-order valence-corrected chi connectivity index (χ0v) is 34.7. The molecule has 0 spiro atoms. The van der Waals surface area contributed by atoms with Gasteiger partial charge in [-0.15, -0.1) is 48.1 Å². The first kappa shape index (κ1) is 37.3. The molecular weight excluding hydrogens is 868 g/mol. The first-order valence-electron chi connectivity index (χ1n) is 18.9. The molecule has 0 amide bonds. The van der Waals surface area contributed by atoms with Gasteiger partial charge in [-0.2, -0.15) is 12.1 Å². The Labute approximate surface area is 344 Å². The van der Waals surface area contributed by atoms with Crippen molar-refractivity contribution in [3.63, 3.8) is 0 Å². The molecule has 282 valence electrons. The Morgan fingerprint density at radius 3 is 2.12 bits per heavy atom. The summed E-state index contributed by atoms with van der Waals surface area (Å²) >= 11 is 0. The molecule has 0 fully saturated rings. The van der Waals surface area contributed by atoms with Gasteiger partial charge in [0.25, 0.3) is 0 Å². The second kappa shape index (κ2) is 14.5. The fraction of sp³-hybridized carbons (Fsp3) is 0.160. The molecule has 0 N–H and O–H groups in total. The number of aromatic nitrogens is 2. The molecule has 1 aliphatic heterocycles. The number of hydrogen-bond donors (Lipinski definition) is 0. The van der Waals surface area contributed by atoms with Crippen LogP contribution in [0.3, 0.4) is 0 Å². The Bertz CT molecular complexity index is 2700. The van der Waals surface area contributed by atoms with Crippen molar-refractivity contribution in [2.75, 3.05) is 9.80 Å². The quantitative estimate of drug-likeness (QED) is 0.156. The predicted molar refractivity (Wildman–Crippen MR) is 227 cm³/mol. The fourth-order valence-electron chi connectivity index (χ4n) is 7.51. The van der Waals surface area contributed by atoms with Crippen LogP contribution in [-0.2, 0) is 31.9 Å². The topological polar surface area (TPSA) is 33.5 Å². The maximum atomic E-state index is 6.60. The van der Waals surface area contributed by atoms with Gasteiger partial charge in [0, 0.05) is 66.9 Å². The van der Waals surface area contributed by atoms with Gasteiger partial charge in [0.05, 0.1) is 0 Å². The van der Waals surface area contributed by atoms with Crippen LogP contribution in [0.15, 0.2) is 146 Å². The molecule has 0 aliphatic carbocycles. The Hall–Kier alpha value is -5.64. The smallest absolute Gasteiger partial charge is 0.135 e. The van der Waals surface area contributed by atoms with Gasteiger partial charge in [-0.3, -0.25) is 0 Å². The normalized spacial score (nSPS) is 12.9. The van der Waals surface area contributed by atoms with Crippen molar-refractivity contribution in [2.45, 2.75) is 52.4 Å².